The number of nitrogens with one attached hydrogen (secondary N) is 2. The van der Waals surface area contributed by atoms with Gasteiger partial charge in [0.25, 0.3) is 0 Å². The van der Waals surface area contributed by atoms with Crippen molar-refractivity contribution in [1.82, 2.24) is 30.3 Å². The van der Waals surface area contributed by atoms with Crippen LogP contribution in [0.25, 0.3) is 0 Å². The lowest BCUT2D eigenvalue weighted by molar-refractivity contribution is -0.125. The first-order valence-electron chi connectivity index (χ1n) is 10.9. The molecule has 1 unspecified atom stereocenters. The third-order valence-electron chi connectivity index (χ3n) is 6.18. The molecule has 2 N–H and O–H groups in total. The van der Waals surface area contributed by atoms with Crippen LogP contribution in [0.15, 0.2) is 12.1 Å². The zero-order valence-electron chi connectivity index (χ0n) is 18.8. The standard InChI is InChI=1S/C22H30N6O4/c1-14-17(31-2)6-4-15(21(14)32-3)13-27-9-8-18-25-26-19(28(18)11-10-27)12-23-22(30)16-5-7-20(29)24-16/h4,6,16H,5,7-13H2,1-3H3,(H,23,30)(H,24,29). The van der Waals surface area contributed by atoms with Crippen molar-refractivity contribution in [3.63, 3.8) is 0 Å². The molecule has 1 aromatic heterocycles. The first-order chi connectivity index (χ1) is 15.5. The van der Waals surface area contributed by atoms with E-state index in [1.165, 1.54) is 0 Å². The normalized spacial score (nSPS) is 18.6. The number of hydrogen-bond acceptors (Lipinski definition) is 7. The van der Waals surface area contributed by atoms with E-state index in [-0.39, 0.29) is 11.8 Å². The summed E-state index contributed by atoms with van der Waals surface area (Å²) in [5.74, 6) is 3.07. The highest BCUT2D eigenvalue weighted by Gasteiger charge is 2.27. The molecule has 2 aromatic rings. The number of carbonyl (C=O) groups is 2. The second-order valence-electron chi connectivity index (χ2n) is 8.17. The summed E-state index contributed by atoms with van der Waals surface area (Å²) in [7, 11) is 3.35. The molecule has 1 fully saturated rings. The Morgan fingerprint density at radius 1 is 1.19 bits per heavy atom. The Balaban J connectivity index is 1.38. The van der Waals surface area contributed by atoms with E-state index in [0.717, 1.165) is 66.9 Å². The minimum Gasteiger partial charge on any atom is -0.496 e. The van der Waals surface area contributed by atoms with Crippen molar-refractivity contribution in [3.05, 3.63) is 34.9 Å². The van der Waals surface area contributed by atoms with Gasteiger partial charge in [0.2, 0.25) is 11.8 Å². The van der Waals surface area contributed by atoms with Gasteiger partial charge in [-0.25, -0.2) is 0 Å². The summed E-state index contributed by atoms with van der Waals surface area (Å²) in [5.41, 5.74) is 2.12. The fourth-order valence-corrected chi connectivity index (χ4v) is 4.42. The third-order valence-corrected chi connectivity index (χ3v) is 6.18. The van der Waals surface area contributed by atoms with Gasteiger partial charge in [0.15, 0.2) is 5.82 Å². The predicted molar refractivity (Wildman–Crippen MR) is 116 cm³/mol. The van der Waals surface area contributed by atoms with Crippen molar-refractivity contribution in [2.75, 3.05) is 27.3 Å². The number of fused-ring (bicyclic) bond motifs is 1. The first kappa shape index (κ1) is 22.1. The smallest absolute Gasteiger partial charge is 0.242 e. The van der Waals surface area contributed by atoms with Gasteiger partial charge in [0.1, 0.15) is 23.4 Å². The Hall–Kier alpha value is -3.14. The second-order valence-corrected chi connectivity index (χ2v) is 8.17. The Bertz CT molecular complexity index is 1000. The lowest BCUT2D eigenvalue weighted by Gasteiger charge is -2.22. The number of ether oxygens (including phenoxy) is 2. The number of nitrogens with zero attached hydrogens (tertiary/aromatic N) is 4. The monoisotopic (exact) mass is 442 g/mol. The molecule has 0 aliphatic carbocycles. The van der Waals surface area contributed by atoms with E-state index in [1.807, 2.05) is 13.0 Å². The molecule has 2 aliphatic heterocycles. The van der Waals surface area contributed by atoms with Crippen LogP contribution in [0.5, 0.6) is 11.5 Å². The van der Waals surface area contributed by atoms with Gasteiger partial charge in [-0.3, -0.25) is 14.5 Å². The van der Waals surface area contributed by atoms with Gasteiger partial charge in [-0.1, -0.05) is 6.07 Å². The molecule has 0 radical (unpaired) electrons. The SMILES string of the molecule is COc1ccc(CN2CCc3nnc(CNC(=O)C4CCC(=O)N4)n3CC2)c(OC)c1C. The largest absolute Gasteiger partial charge is 0.496 e. The number of aromatic nitrogens is 3. The van der Waals surface area contributed by atoms with Crippen LogP contribution < -0.4 is 20.1 Å². The molecule has 0 saturated carbocycles. The number of hydrogen-bond donors (Lipinski definition) is 2. The lowest BCUT2D eigenvalue weighted by atomic mass is 10.1. The third kappa shape index (κ3) is 4.55. The average Bonchev–Trinajstić information content (AvgIpc) is 3.34. The number of benzene rings is 1. The molecule has 32 heavy (non-hydrogen) atoms. The summed E-state index contributed by atoms with van der Waals surface area (Å²) in [5, 5.41) is 14.2. The maximum Gasteiger partial charge on any atom is 0.242 e. The number of rotatable bonds is 7. The second kappa shape index (κ2) is 9.56. The zero-order chi connectivity index (χ0) is 22.7. The quantitative estimate of drug-likeness (QED) is 0.645. The Morgan fingerprint density at radius 3 is 2.75 bits per heavy atom. The van der Waals surface area contributed by atoms with E-state index < -0.39 is 6.04 Å². The van der Waals surface area contributed by atoms with E-state index in [9.17, 15) is 9.59 Å². The minimum absolute atomic E-state index is 0.0785. The molecule has 10 heteroatoms. The van der Waals surface area contributed by atoms with Gasteiger partial charge in [-0.05, 0) is 19.4 Å². The van der Waals surface area contributed by atoms with Crippen molar-refractivity contribution in [1.29, 1.82) is 0 Å². The molecule has 172 valence electrons. The van der Waals surface area contributed by atoms with Crippen molar-refractivity contribution in [3.8, 4) is 11.5 Å². The van der Waals surface area contributed by atoms with Crippen LogP contribution in [0.3, 0.4) is 0 Å². The van der Waals surface area contributed by atoms with Gasteiger partial charge < -0.3 is 24.7 Å². The molecule has 0 spiro atoms. The summed E-state index contributed by atoms with van der Waals surface area (Å²) in [6, 6.07) is 3.58. The van der Waals surface area contributed by atoms with Crippen LogP contribution >= 0.6 is 0 Å². The lowest BCUT2D eigenvalue weighted by Crippen LogP contribution is -2.41. The minimum atomic E-state index is -0.451. The van der Waals surface area contributed by atoms with Gasteiger partial charge in [-0.15, -0.1) is 10.2 Å². The van der Waals surface area contributed by atoms with Crippen molar-refractivity contribution in [2.24, 2.45) is 0 Å². The fourth-order valence-electron chi connectivity index (χ4n) is 4.42. The molecular weight excluding hydrogens is 412 g/mol. The molecule has 10 nitrogen and oxygen atoms in total. The molecular formula is C22H30N6O4. The Labute approximate surface area is 187 Å². The topological polar surface area (TPSA) is 111 Å². The van der Waals surface area contributed by atoms with Crippen LogP contribution in [0.4, 0.5) is 0 Å². The number of amides is 2. The number of methoxy groups -OCH3 is 2. The number of carbonyl (C=O) groups excluding carboxylic acids is 2. The van der Waals surface area contributed by atoms with Crippen LogP contribution in [-0.2, 0) is 35.6 Å². The Kier molecular flexibility index (Phi) is 6.59. The van der Waals surface area contributed by atoms with Gasteiger partial charge in [0, 0.05) is 50.1 Å². The van der Waals surface area contributed by atoms with Gasteiger partial charge >= 0.3 is 0 Å². The summed E-state index contributed by atoms with van der Waals surface area (Å²) < 4.78 is 13.2. The summed E-state index contributed by atoms with van der Waals surface area (Å²) in [6.45, 7) is 5.49. The van der Waals surface area contributed by atoms with Gasteiger partial charge in [0.05, 0.1) is 20.8 Å². The summed E-state index contributed by atoms with van der Waals surface area (Å²) in [6.07, 6.45) is 1.70. The van der Waals surface area contributed by atoms with Crippen LogP contribution in [0.2, 0.25) is 0 Å². The van der Waals surface area contributed by atoms with Crippen LogP contribution in [0, 0.1) is 6.92 Å². The van der Waals surface area contributed by atoms with E-state index in [1.54, 1.807) is 14.2 Å². The fraction of sp³-hybridized carbons (Fsp3) is 0.545. The van der Waals surface area contributed by atoms with E-state index >= 15 is 0 Å². The Morgan fingerprint density at radius 2 is 2.03 bits per heavy atom. The maximum atomic E-state index is 12.3. The maximum absolute atomic E-state index is 12.3. The van der Waals surface area contributed by atoms with E-state index in [2.05, 4.69) is 36.4 Å². The van der Waals surface area contributed by atoms with Crippen LogP contribution in [0.1, 0.15) is 35.6 Å². The molecule has 0 bridgehead atoms. The first-order valence-corrected chi connectivity index (χ1v) is 10.9. The molecule has 4 rings (SSSR count). The molecule has 1 aromatic carbocycles. The molecule has 3 heterocycles. The predicted octanol–water partition coefficient (Wildman–Crippen LogP) is 0.557. The molecule has 1 atom stereocenters. The molecule has 2 aliphatic rings. The molecule has 1 saturated heterocycles. The summed E-state index contributed by atoms with van der Waals surface area (Å²) >= 11 is 0. The average molecular weight is 443 g/mol. The highest BCUT2D eigenvalue weighted by Crippen LogP contribution is 2.32. The van der Waals surface area contributed by atoms with Crippen molar-refractivity contribution in [2.45, 2.75) is 51.9 Å². The van der Waals surface area contributed by atoms with Crippen molar-refractivity contribution >= 4 is 11.8 Å². The molecule has 2 amide bonds. The van der Waals surface area contributed by atoms with E-state index in [0.29, 0.717) is 19.4 Å². The van der Waals surface area contributed by atoms with Crippen LogP contribution in [-0.4, -0.2) is 64.8 Å². The highest BCUT2D eigenvalue weighted by molar-refractivity contribution is 5.90. The zero-order valence-corrected chi connectivity index (χ0v) is 18.8. The highest BCUT2D eigenvalue weighted by atomic mass is 16.5. The van der Waals surface area contributed by atoms with Gasteiger partial charge in [-0.2, -0.15) is 0 Å². The summed E-state index contributed by atoms with van der Waals surface area (Å²) in [4.78, 5) is 26.0. The van der Waals surface area contributed by atoms with Crippen molar-refractivity contribution < 1.29 is 19.1 Å². The van der Waals surface area contributed by atoms with E-state index in [4.69, 9.17) is 9.47 Å².